The predicted molar refractivity (Wildman–Crippen MR) is 123 cm³/mol. The molecule has 0 unspecified atom stereocenters. The van der Waals surface area contributed by atoms with E-state index in [1.54, 1.807) is 0 Å². The molecule has 0 aromatic heterocycles. The van der Waals surface area contributed by atoms with Gasteiger partial charge in [0.2, 0.25) is 0 Å². The third kappa shape index (κ3) is 3.96. The number of hydrogen-bond donors (Lipinski definition) is 2. The fraction of sp³-hybridized carbons (Fsp3) is 0.407. The summed E-state index contributed by atoms with van der Waals surface area (Å²) in [5, 5.41) is 24.0. The monoisotopic (exact) mass is 417 g/mol. The van der Waals surface area contributed by atoms with Crippen molar-refractivity contribution in [1.29, 1.82) is 0 Å². The zero-order valence-electron chi connectivity index (χ0n) is 18.3. The van der Waals surface area contributed by atoms with E-state index in [4.69, 9.17) is 4.74 Å². The highest BCUT2D eigenvalue weighted by Gasteiger charge is 2.43. The van der Waals surface area contributed by atoms with Crippen molar-refractivity contribution >= 4 is 10.8 Å². The van der Waals surface area contributed by atoms with Crippen LogP contribution in [0.25, 0.3) is 10.8 Å². The van der Waals surface area contributed by atoms with Gasteiger partial charge in [-0.15, -0.1) is 0 Å². The summed E-state index contributed by atoms with van der Waals surface area (Å²) in [6, 6.07) is 18.6. The molecule has 3 aromatic rings. The van der Waals surface area contributed by atoms with Gasteiger partial charge in [0.1, 0.15) is 11.4 Å². The number of nitrogens with zero attached hydrogens (tertiary/aromatic N) is 1. The average molecular weight is 418 g/mol. The van der Waals surface area contributed by atoms with Crippen LogP contribution in [0.1, 0.15) is 53.7 Å². The lowest BCUT2D eigenvalue weighted by Gasteiger charge is -2.46. The van der Waals surface area contributed by atoms with Crippen molar-refractivity contribution in [2.75, 3.05) is 19.6 Å². The number of likely N-dealkylation sites (tertiary alicyclic amines) is 1. The molecule has 162 valence electrons. The zero-order valence-corrected chi connectivity index (χ0v) is 18.3. The fourth-order valence-electron chi connectivity index (χ4n) is 5.11. The van der Waals surface area contributed by atoms with Crippen LogP contribution in [0.3, 0.4) is 0 Å². The molecule has 0 saturated carbocycles. The summed E-state index contributed by atoms with van der Waals surface area (Å²) < 4.78 is 6.50. The maximum absolute atomic E-state index is 10.8. The van der Waals surface area contributed by atoms with E-state index in [9.17, 15) is 10.2 Å². The van der Waals surface area contributed by atoms with E-state index in [-0.39, 0.29) is 5.60 Å². The number of aryl methyl sites for hydroxylation is 2. The molecule has 5 rings (SSSR count). The largest absolute Gasteiger partial charge is 0.487 e. The molecular formula is C27H31NO3. The molecule has 1 saturated heterocycles. The number of piperidine rings is 1. The van der Waals surface area contributed by atoms with Crippen LogP contribution in [-0.4, -0.2) is 40.3 Å². The zero-order chi connectivity index (χ0) is 21.6. The minimum absolute atomic E-state index is 0.307. The molecule has 2 atom stereocenters. The average Bonchev–Trinajstić information content (AvgIpc) is 2.77. The van der Waals surface area contributed by atoms with E-state index in [0.29, 0.717) is 13.0 Å². The van der Waals surface area contributed by atoms with Crippen LogP contribution in [0, 0.1) is 13.8 Å². The van der Waals surface area contributed by atoms with Gasteiger partial charge >= 0.3 is 0 Å². The Labute approximate surface area is 184 Å². The van der Waals surface area contributed by atoms with E-state index >= 15 is 0 Å². The number of rotatable bonds is 3. The first-order valence-corrected chi connectivity index (χ1v) is 11.3. The van der Waals surface area contributed by atoms with Crippen LogP contribution >= 0.6 is 0 Å². The highest BCUT2D eigenvalue weighted by molar-refractivity contribution is 5.83. The molecule has 2 aliphatic rings. The second-order valence-electron chi connectivity index (χ2n) is 9.40. The number of benzene rings is 3. The molecule has 4 nitrogen and oxygen atoms in total. The van der Waals surface area contributed by atoms with Crippen LogP contribution in [0.4, 0.5) is 0 Å². The number of ether oxygens (including phenoxy) is 1. The molecule has 0 aliphatic carbocycles. The van der Waals surface area contributed by atoms with Crippen molar-refractivity contribution in [3.63, 3.8) is 0 Å². The Bertz CT molecular complexity index is 1100. The Balaban J connectivity index is 1.25. The molecule has 0 bridgehead atoms. The van der Waals surface area contributed by atoms with E-state index in [0.717, 1.165) is 48.2 Å². The van der Waals surface area contributed by atoms with Crippen LogP contribution in [0.5, 0.6) is 5.75 Å². The smallest absolute Gasteiger partial charge is 0.126 e. The van der Waals surface area contributed by atoms with Gasteiger partial charge in [-0.3, -0.25) is 0 Å². The molecule has 2 N–H and O–H groups in total. The van der Waals surface area contributed by atoms with Crippen molar-refractivity contribution in [3.05, 3.63) is 76.9 Å². The van der Waals surface area contributed by atoms with Gasteiger partial charge in [0.25, 0.3) is 0 Å². The molecule has 1 spiro atoms. The van der Waals surface area contributed by atoms with E-state index in [2.05, 4.69) is 55.1 Å². The quantitative estimate of drug-likeness (QED) is 0.640. The first kappa shape index (κ1) is 20.5. The normalized spacial score (nSPS) is 21.6. The third-order valence-electron chi connectivity index (χ3n) is 7.23. The highest BCUT2D eigenvalue weighted by atomic mass is 16.5. The molecule has 31 heavy (non-hydrogen) atoms. The fourth-order valence-corrected chi connectivity index (χ4v) is 5.11. The lowest BCUT2D eigenvalue weighted by Crippen LogP contribution is -2.51. The first-order chi connectivity index (χ1) is 14.9. The molecule has 0 amide bonds. The summed E-state index contributed by atoms with van der Waals surface area (Å²) in [5.74, 6) is 0.839. The highest BCUT2D eigenvalue weighted by Crippen LogP contribution is 2.45. The van der Waals surface area contributed by atoms with Gasteiger partial charge in [-0.25, -0.2) is 0 Å². The Kier molecular flexibility index (Phi) is 5.25. The van der Waals surface area contributed by atoms with Crippen molar-refractivity contribution in [1.82, 2.24) is 4.90 Å². The van der Waals surface area contributed by atoms with Crippen LogP contribution in [-0.2, 0) is 0 Å². The van der Waals surface area contributed by atoms with Gasteiger partial charge in [0.15, 0.2) is 0 Å². The summed E-state index contributed by atoms with van der Waals surface area (Å²) in [4.78, 5) is 2.32. The molecular weight excluding hydrogens is 386 g/mol. The van der Waals surface area contributed by atoms with E-state index < -0.39 is 12.2 Å². The van der Waals surface area contributed by atoms with Crippen LogP contribution in [0.15, 0.2) is 54.6 Å². The molecule has 2 heterocycles. The summed E-state index contributed by atoms with van der Waals surface area (Å²) in [5.41, 5.74) is 3.96. The Hall–Kier alpha value is -2.40. The third-order valence-corrected chi connectivity index (χ3v) is 7.23. The molecule has 3 aromatic carbocycles. The molecule has 1 fully saturated rings. The topological polar surface area (TPSA) is 52.9 Å². The van der Waals surface area contributed by atoms with Gasteiger partial charge in [0, 0.05) is 31.6 Å². The summed E-state index contributed by atoms with van der Waals surface area (Å²) in [6.45, 7) is 6.50. The minimum Gasteiger partial charge on any atom is -0.487 e. The van der Waals surface area contributed by atoms with Gasteiger partial charge in [-0.1, -0.05) is 36.4 Å². The first-order valence-electron chi connectivity index (χ1n) is 11.3. The second kappa shape index (κ2) is 7.94. The lowest BCUT2D eigenvalue weighted by molar-refractivity contribution is -0.0588. The number of hydrogen-bond acceptors (Lipinski definition) is 4. The second-order valence-corrected chi connectivity index (χ2v) is 9.40. The Morgan fingerprint density at radius 3 is 2.48 bits per heavy atom. The Morgan fingerprint density at radius 1 is 1.00 bits per heavy atom. The predicted octanol–water partition coefficient (Wildman–Crippen LogP) is 4.84. The molecule has 4 heteroatoms. The van der Waals surface area contributed by atoms with Crippen molar-refractivity contribution < 1.29 is 14.9 Å². The molecule has 2 aliphatic heterocycles. The lowest BCUT2D eigenvalue weighted by atomic mass is 9.81. The van der Waals surface area contributed by atoms with Gasteiger partial charge in [0.05, 0.1) is 12.2 Å². The van der Waals surface area contributed by atoms with Crippen molar-refractivity contribution in [2.45, 2.75) is 50.9 Å². The minimum atomic E-state index is -0.511. The van der Waals surface area contributed by atoms with Crippen LogP contribution < -0.4 is 4.74 Å². The summed E-state index contributed by atoms with van der Waals surface area (Å²) in [6.07, 6.45) is 1.38. The summed E-state index contributed by atoms with van der Waals surface area (Å²) >= 11 is 0. The van der Waals surface area contributed by atoms with E-state index in [1.807, 2.05) is 18.2 Å². The van der Waals surface area contributed by atoms with Crippen LogP contribution in [0.2, 0.25) is 0 Å². The van der Waals surface area contributed by atoms with Gasteiger partial charge in [-0.05, 0) is 72.4 Å². The summed E-state index contributed by atoms with van der Waals surface area (Å²) in [7, 11) is 0. The maximum atomic E-state index is 10.8. The SMILES string of the molecule is Cc1cc2c(cc1C)[C@@H](O)CC1(CCN(C[C@@H](O)c3ccc4ccccc4c3)CC1)O2. The van der Waals surface area contributed by atoms with E-state index in [1.165, 1.54) is 16.5 Å². The van der Waals surface area contributed by atoms with Crippen molar-refractivity contribution in [2.24, 2.45) is 0 Å². The number of β-amino-alcohol motifs (C(OH)–C–C–N with tert-alkyl or cyclic N) is 1. The number of fused-ring (bicyclic) bond motifs is 2. The van der Waals surface area contributed by atoms with Gasteiger partial charge in [-0.2, -0.15) is 0 Å². The maximum Gasteiger partial charge on any atom is 0.126 e. The standard InChI is InChI=1S/C27H31NO3/c1-18-13-23-24(29)16-27(31-26(23)14-19(18)2)9-11-28(12-10-27)17-25(30)22-8-7-20-5-3-4-6-21(20)15-22/h3-8,13-15,24-25,29-30H,9-12,16-17H2,1-2H3/t24-,25+/m0/s1. The number of aliphatic hydroxyl groups is 2. The van der Waals surface area contributed by atoms with Crippen molar-refractivity contribution in [3.8, 4) is 5.75 Å². The van der Waals surface area contributed by atoms with Gasteiger partial charge < -0.3 is 19.8 Å². The number of aliphatic hydroxyl groups excluding tert-OH is 2. The molecule has 0 radical (unpaired) electrons. The Morgan fingerprint density at radius 2 is 1.71 bits per heavy atom.